The third kappa shape index (κ3) is 1.96. The SMILES string of the molecule is O=C1OC2(c3ccc(O)cc3Oc3cc(O)cc(CO)c32)c2ccccc21. The van der Waals surface area contributed by atoms with Gasteiger partial charge in [-0.3, -0.25) is 0 Å². The summed E-state index contributed by atoms with van der Waals surface area (Å²) in [6, 6.07) is 14.4. The minimum Gasteiger partial charge on any atom is -0.508 e. The molecule has 0 fully saturated rings. The molecular formula is C21H14O6. The monoisotopic (exact) mass is 362 g/mol. The Hall–Kier alpha value is -3.51. The highest BCUT2D eigenvalue weighted by Gasteiger charge is 2.54. The van der Waals surface area contributed by atoms with Crippen LogP contribution in [0.4, 0.5) is 0 Å². The zero-order chi connectivity index (χ0) is 18.8. The zero-order valence-corrected chi connectivity index (χ0v) is 14.0. The van der Waals surface area contributed by atoms with Crippen LogP contribution in [0.3, 0.4) is 0 Å². The van der Waals surface area contributed by atoms with Crippen molar-refractivity contribution in [2.75, 3.05) is 0 Å². The fourth-order valence-corrected chi connectivity index (χ4v) is 4.00. The Kier molecular flexibility index (Phi) is 3.06. The van der Waals surface area contributed by atoms with Gasteiger partial charge in [0, 0.05) is 23.3 Å². The van der Waals surface area contributed by atoms with Crippen LogP contribution in [0.1, 0.15) is 32.6 Å². The third-order valence-electron chi connectivity index (χ3n) is 5.03. The second-order valence-corrected chi connectivity index (χ2v) is 6.53. The predicted molar refractivity (Wildman–Crippen MR) is 93.9 cm³/mol. The number of rotatable bonds is 1. The first-order valence-corrected chi connectivity index (χ1v) is 8.36. The van der Waals surface area contributed by atoms with E-state index in [2.05, 4.69) is 0 Å². The molecular weight excluding hydrogens is 348 g/mol. The molecule has 1 unspecified atom stereocenters. The van der Waals surface area contributed by atoms with Crippen LogP contribution in [0.25, 0.3) is 0 Å². The highest BCUT2D eigenvalue weighted by atomic mass is 16.6. The van der Waals surface area contributed by atoms with E-state index < -0.39 is 11.6 Å². The standard InChI is InChI=1S/C21H14O6/c22-10-11-7-13(24)9-18-19(11)21(16-6-5-12(23)8-17(16)26-18)15-4-2-1-3-14(15)20(25)27-21/h1-9,22-24H,10H2. The molecule has 2 heterocycles. The number of ether oxygens (including phenoxy) is 2. The summed E-state index contributed by atoms with van der Waals surface area (Å²) in [5.74, 6) is -0.0285. The number of hydrogen-bond donors (Lipinski definition) is 3. The molecule has 0 saturated heterocycles. The largest absolute Gasteiger partial charge is 0.508 e. The average molecular weight is 362 g/mol. The number of carbonyl (C=O) groups is 1. The average Bonchev–Trinajstić information content (AvgIpc) is 2.94. The van der Waals surface area contributed by atoms with Crippen LogP contribution in [-0.2, 0) is 16.9 Å². The van der Waals surface area contributed by atoms with Crippen LogP contribution in [0.15, 0.2) is 54.6 Å². The maximum Gasteiger partial charge on any atom is 0.340 e. The number of aliphatic hydroxyl groups is 1. The number of benzene rings is 3. The van der Waals surface area contributed by atoms with Gasteiger partial charge in [0.15, 0.2) is 5.60 Å². The van der Waals surface area contributed by atoms with Gasteiger partial charge in [0.1, 0.15) is 23.0 Å². The molecule has 2 aliphatic rings. The van der Waals surface area contributed by atoms with Crippen molar-refractivity contribution in [1.82, 2.24) is 0 Å². The van der Waals surface area contributed by atoms with Gasteiger partial charge in [-0.05, 0) is 29.8 Å². The zero-order valence-electron chi connectivity index (χ0n) is 14.0. The van der Waals surface area contributed by atoms with Gasteiger partial charge < -0.3 is 24.8 Å². The summed E-state index contributed by atoms with van der Waals surface area (Å²) in [6.45, 7) is -0.380. The summed E-state index contributed by atoms with van der Waals surface area (Å²) >= 11 is 0. The maximum absolute atomic E-state index is 12.7. The third-order valence-corrected chi connectivity index (χ3v) is 5.03. The molecule has 1 atom stereocenters. The summed E-state index contributed by atoms with van der Waals surface area (Å²) in [7, 11) is 0. The Balaban J connectivity index is 1.94. The van der Waals surface area contributed by atoms with Gasteiger partial charge in [0.25, 0.3) is 0 Å². The molecule has 1 spiro atoms. The lowest BCUT2D eigenvalue weighted by molar-refractivity contribution is 0.0217. The normalized spacial score (nSPS) is 19.1. The molecule has 6 nitrogen and oxygen atoms in total. The number of phenolic OH excluding ortho intramolecular Hbond substituents is 2. The molecule has 5 rings (SSSR count). The first kappa shape index (κ1) is 15.7. The van der Waals surface area contributed by atoms with Crippen molar-refractivity contribution in [3.05, 3.63) is 82.4 Å². The van der Waals surface area contributed by atoms with E-state index >= 15 is 0 Å². The summed E-state index contributed by atoms with van der Waals surface area (Å²) in [6.07, 6.45) is 0. The number of esters is 1. The molecule has 2 aliphatic heterocycles. The molecule has 3 aromatic carbocycles. The van der Waals surface area contributed by atoms with Crippen LogP contribution in [0.2, 0.25) is 0 Å². The minimum absolute atomic E-state index is 0.00695. The van der Waals surface area contributed by atoms with Gasteiger partial charge in [0.05, 0.1) is 17.7 Å². The predicted octanol–water partition coefficient (Wildman–Crippen LogP) is 3.16. The van der Waals surface area contributed by atoms with Gasteiger partial charge >= 0.3 is 5.97 Å². The number of phenols is 2. The van der Waals surface area contributed by atoms with Crippen molar-refractivity contribution in [2.45, 2.75) is 12.2 Å². The van der Waals surface area contributed by atoms with Gasteiger partial charge in [-0.1, -0.05) is 18.2 Å². The molecule has 0 aliphatic carbocycles. The Morgan fingerprint density at radius 1 is 0.889 bits per heavy atom. The fourth-order valence-electron chi connectivity index (χ4n) is 4.00. The Bertz CT molecular complexity index is 1120. The first-order chi connectivity index (χ1) is 13.0. The highest BCUT2D eigenvalue weighted by molar-refractivity contribution is 5.97. The number of aromatic hydroxyl groups is 2. The van der Waals surface area contributed by atoms with Crippen LogP contribution in [0.5, 0.6) is 23.0 Å². The van der Waals surface area contributed by atoms with E-state index in [0.29, 0.717) is 33.6 Å². The summed E-state index contributed by atoms with van der Waals surface area (Å²) in [5, 5.41) is 29.8. The molecule has 3 aromatic rings. The van der Waals surface area contributed by atoms with Gasteiger partial charge in [-0.25, -0.2) is 4.79 Å². The minimum atomic E-state index is -1.34. The lowest BCUT2D eigenvalue weighted by Crippen LogP contribution is -2.34. The summed E-state index contributed by atoms with van der Waals surface area (Å²) in [5.41, 5.74) is 1.07. The van der Waals surface area contributed by atoms with E-state index in [9.17, 15) is 20.1 Å². The topological polar surface area (TPSA) is 96.2 Å². The lowest BCUT2D eigenvalue weighted by Gasteiger charge is -2.37. The van der Waals surface area contributed by atoms with Gasteiger partial charge in [-0.2, -0.15) is 0 Å². The Labute approximate surface area is 153 Å². The quantitative estimate of drug-likeness (QED) is 0.576. The van der Waals surface area contributed by atoms with Crippen LogP contribution >= 0.6 is 0 Å². The Morgan fingerprint density at radius 2 is 1.67 bits per heavy atom. The van der Waals surface area contributed by atoms with E-state index in [1.54, 1.807) is 30.3 Å². The van der Waals surface area contributed by atoms with E-state index in [4.69, 9.17) is 9.47 Å². The molecule has 0 amide bonds. The molecule has 134 valence electrons. The molecule has 3 N–H and O–H groups in total. The van der Waals surface area contributed by atoms with Crippen molar-refractivity contribution in [1.29, 1.82) is 0 Å². The van der Waals surface area contributed by atoms with Crippen LogP contribution in [0, 0.1) is 0 Å². The second kappa shape index (κ2) is 5.25. The molecule has 27 heavy (non-hydrogen) atoms. The number of hydrogen-bond acceptors (Lipinski definition) is 6. The van der Waals surface area contributed by atoms with E-state index in [1.165, 1.54) is 24.3 Å². The Morgan fingerprint density at radius 3 is 2.48 bits per heavy atom. The van der Waals surface area contributed by atoms with Crippen LogP contribution < -0.4 is 4.74 Å². The molecule has 0 saturated carbocycles. The van der Waals surface area contributed by atoms with Crippen molar-refractivity contribution in [3.8, 4) is 23.0 Å². The number of fused-ring (bicyclic) bond motifs is 6. The second-order valence-electron chi connectivity index (χ2n) is 6.53. The van der Waals surface area contributed by atoms with Gasteiger partial charge in [0.2, 0.25) is 0 Å². The van der Waals surface area contributed by atoms with E-state index in [1.807, 2.05) is 0 Å². The van der Waals surface area contributed by atoms with Crippen molar-refractivity contribution in [3.63, 3.8) is 0 Å². The molecule has 0 aromatic heterocycles. The summed E-state index contributed by atoms with van der Waals surface area (Å²) in [4.78, 5) is 12.7. The smallest absolute Gasteiger partial charge is 0.340 e. The van der Waals surface area contributed by atoms with Crippen molar-refractivity contribution >= 4 is 5.97 Å². The van der Waals surface area contributed by atoms with E-state index in [-0.39, 0.29) is 23.9 Å². The van der Waals surface area contributed by atoms with E-state index in [0.717, 1.165) is 0 Å². The van der Waals surface area contributed by atoms with Crippen LogP contribution in [-0.4, -0.2) is 21.3 Å². The molecule has 6 heteroatoms. The molecule has 0 radical (unpaired) electrons. The number of aliphatic hydroxyl groups excluding tert-OH is 1. The van der Waals surface area contributed by atoms with Crippen molar-refractivity contribution < 1.29 is 29.6 Å². The lowest BCUT2D eigenvalue weighted by atomic mass is 9.76. The fraction of sp³-hybridized carbons (Fsp3) is 0.0952. The summed E-state index contributed by atoms with van der Waals surface area (Å²) < 4.78 is 11.8. The maximum atomic E-state index is 12.7. The molecule has 0 bridgehead atoms. The highest BCUT2D eigenvalue weighted by Crippen LogP contribution is 2.58. The number of carbonyl (C=O) groups excluding carboxylic acids is 1. The first-order valence-electron chi connectivity index (χ1n) is 8.36. The van der Waals surface area contributed by atoms with Crippen molar-refractivity contribution in [2.24, 2.45) is 0 Å². The van der Waals surface area contributed by atoms with Gasteiger partial charge in [-0.15, -0.1) is 0 Å².